The van der Waals surface area contributed by atoms with Gasteiger partial charge < -0.3 is 15.5 Å². The van der Waals surface area contributed by atoms with E-state index in [2.05, 4.69) is 31.8 Å². The van der Waals surface area contributed by atoms with Crippen molar-refractivity contribution in [1.82, 2.24) is 20.4 Å². The molecule has 1 aliphatic heterocycles. The summed E-state index contributed by atoms with van der Waals surface area (Å²) in [5.74, 6) is 0.653. The van der Waals surface area contributed by atoms with Crippen molar-refractivity contribution < 1.29 is 4.39 Å². The summed E-state index contributed by atoms with van der Waals surface area (Å²) in [4.78, 5) is 6.71. The van der Waals surface area contributed by atoms with Gasteiger partial charge >= 0.3 is 0 Å². The van der Waals surface area contributed by atoms with Gasteiger partial charge in [0.25, 0.3) is 0 Å². The molecule has 1 aromatic heterocycles. The molecule has 1 unspecified atom stereocenters. The minimum absolute atomic E-state index is 0.173. The molecule has 1 aliphatic rings. The van der Waals surface area contributed by atoms with E-state index in [1.54, 1.807) is 19.2 Å². The lowest BCUT2D eigenvalue weighted by Crippen LogP contribution is -2.51. The van der Waals surface area contributed by atoms with Gasteiger partial charge in [-0.15, -0.1) is 0 Å². The summed E-state index contributed by atoms with van der Waals surface area (Å²) in [5.41, 5.74) is 2.20. The first-order valence-electron chi connectivity index (χ1n) is 9.59. The minimum atomic E-state index is -0.173. The maximum atomic E-state index is 13.2. The van der Waals surface area contributed by atoms with Crippen molar-refractivity contribution >= 4 is 11.6 Å². The molecule has 1 saturated heterocycles. The van der Waals surface area contributed by atoms with Gasteiger partial charge in [-0.3, -0.25) is 9.67 Å². The van der Waals surface area contributed by atoms with Gasteiger partial charge in [0.15, 0.2) is 5.96 Å². The van der Waals surface area contributed by atoms with Crippen LogP contribution in [0.4, 0.5) is 10.1 Å². The van der Waals surface area contributed by atoms with Crippen LogP contribution in [-0.2, 0) is 13.5 Å². The number of piperidine rings is 1. The van der Waals surface area contributed by atoms with E-state index in [9.17, 15) is 4.39 Å². The normalized spacial score (nSPS) is 17.8. The number of aryl methyl sites for hydroxylation is 2. The lowest BCUT2D eigenvalue weighted by Gasteiger charge is -2.34. The molecular weight excluding hydrogens is 343 g/mol. The first-order valence-corrected chi connectivity index (χ1v) is 9.59. The highest BCUT2D eigenvalue weighted by molar-refractivity contribution is 5.80. The lowest BCUT2D eigenvalue weighted by molar-refractivity contribution is 0.468. The zero-order valence-electron chi connectivity index (χ0n) is 16.2. The average molecular weight is 372 g/mol. The Labute approximate surface area is 160 Å². The van der Waals surface area contributed by atoms with Crippen LogP contribution in [0.25, 0.3) is 0 Å². The highest BCUT2D eigenvalue weighted by Gasteiger charge is 2.21. The van der Waals surface area contributed by atoms with E-state index in [0.717, 1.165) is 56.8 Å². The Balaban J connectivity index is 1.42. The molecule has 6 nitrogen and oxygen atoms in total. The van der Waals surface area contributed by atoms with Gasteiger partial charge in [0.05, 0.1) is 11.9 Å². The monoisotopic (exact) mass is 372 g/mol. The van der Waals surface area contributed by atoms with Crippen molar-refractivity contribution in [3.63, 3.8) is 0 Å². The molecule has 7 heteroatoms. The van der Waals surface area contributed by atoms with Crippen LogP contribution in [0.3, 0.4) is 0 Å². The number of guanidine groups is 1. The quantitative estimate of drug-likeness (QED) is 0.464. The first-order chi connectivity index (χ1) is 13.1. The Bertz CT molecular complexity index is 756. The van der Waals surface area contributed by atoms with E-state index in [4.69, 9.17) is 0 Å². The highest BCUT2D eigenvalue weighted by atomic mass is 19.1. The number of hydrogen-bond acceptors (Lipinski definition) is 3. The van der Waals surface area contributed by atoms with E-state index in [1.807, 2.05) is 24.0 Å². The van der Waals surface area contributed by atoms with Crippen LogP contribution in [0.15, 0.2) is 41.7 Å². The number of anilines is 1. The molecule has 0 aliphatic carbocycles. The van der Waals surface area contributed by atoms with E-state index < -0.39 is 0 Å². The molecule has 2 N–H and O–H groups in total. The Morgan fingerprint density at radius 1 is 1.41 bits per heavy atom. The smallest absolute Gasteiger partial charge is 0.191 e. The number of rotatable bonds is 6. The molecule has 0 radical (unpaired) electrons. The van der Waals surface area contributed by atoms with E-state index in [-0.39, 0.29) is 5.82 Å². The second-order valence-corrected chi connectivity index (χ2v) is 7.03. The standard InChI is InChI=1S/C20H29FN6/c1-22-20(23-10-4-7-16-6-3-8-17(21)12-16)25-18-9-5-11-27(14-18)19-13-24-26(2)15-19/h3,6,8,12-13,15,18H,4-5,7,9-11,14H2,1-2H3,(H2,22,23,25). The van der Waals surface area contributed by atoms with Crippen LogP contribution in [0, 0.1) is 5.82 Å². The van der Waals surface area contributed by atoms with E-state index >= 15 is 0 Å². The molecule has 0 bridgehead atoms. The maximum Gasteiger partial charge on any atom is 0.191 e. The number of aromatic nitrogens is 2. The Kier molecular flexibility index (Phi) is 6.68. The minimum Gasteiger partial charge on any atom is -0.367 e. The van der Waals surface area contributed by atoms with Crippen molar-refractivity contribution in [3.8, 4) is 0 Å². The summed E-state index contributed by atoms with van der Waals surface area (Å²) in [5, 5.41) is 11.2. The topological polar surface area (TPSA) is 57.5 Å². The number of halogens is 1. The lowest BCUT2D eigenvalue weighted by atomic mass is 10.1. The molecule has 2 aromatic rings. The van der Waals surface area contributed by atoms with Crippen molar-refractivity contribution in [2.24, 2.45) is 12.0 Å². The first kappa shape index (κ1) is 19.2. The maximum absolute atomic E-state index is 13.2. The number of hydrogen-bond donors (Lipinski definition) is 2. The summed E-state index contributed by atoms with van der Waals surface area (Å²) in [6, 6.07) is 7.16. The van der Waals surface area contributed by atoms with Crippen molar-refractivity contribution in [3.05, 3.63) is 48.0 Å². The number of nitrogens with zero attached hydrogens (tertiary/aromatic N) is 4. The fraction of sp³-hybridized carbons (Fsp3) is 0.500. The third-order valence-electron chi connectivity index (χ3n) is 4.87. The van der Waals surface area contributed by atoms with Gasteiger partial charge in [0, 0.05) is 46.0 Å². The molecule has 0 amide bonds. The predicted octanol–water partition coefficient (Wildman–Crippen LogP) is 2.33. The molecule has 1 atom stereocenters. The van der Waals surface area contributed by atoms with Gasteiger partial charge in [-0.1, -0.05) is 12.1 Å². The van der Waals surface area contributed by atoms with Gasteiger partial charge in [0.2, 0.25) is 0 Å². The molecule has 1 fully saturated rings. The molecule has 146 valence electrons. The van der Waals surface area contributed by atoms with Crippen LogP contribution in [-0.4, -0.2) is 48.5 Å². The SMILES string of the molecule is CN=C(NCCCc1cccc(F)c1)NC1CCCN(c2cnn(C)c2)C1. The summed E-state index contributed by atoms with van der Waals surface area (Å²) < 4.78 is 15.1. The van der Waals surface area contributed by atoms with Crippen molar-refractivity contribution in [1.29, 1.82) is 0 Å². The second kappa shape index (κ2) is 9.39. The summed E-state index contributed by atoms with van der Waals surface area (Å²) in [6.45, 7) is 2.80. The van der Waals surface area contributed by atoms with Gasteiger partial charge in [-0.2, -0.15) is 5.10 Å². The summed E-state index contributed by atoms with van der Waals surface area (Å²) in [6.07, 6.45) is 8.02. The second-order valence-electron chi connectivity index (χ2n) is 7.03. The van der Waals surface area contributed by atoms with E-state index in [0.29, 0.717) is 6.04 Å². The molecule has 1 aromatic carbocycles. The van der Waals surface area contributed by atoms with Crippen LogP contribution in [0.5, 0.6) is 0 Å². The average Bonchev–Trinajstić information content (AvgIpc) is 3.11. The van der Waals surface area contributed by atoms with Crippen LogP contribution in [0.2, 0.25) is 0 Å². The van der Waals surface area contributed by atoms with Gasteiger partial charge in [-0.25, -0.2) is 4.39 Å². The molecule has 3 rings (SSSR count). The van der Waals surface area contributed by atoms with Gasteiger partial charge in [0.1, 0.15) is 5.82 Å². The number of aliphatic imine (C=N–C) groups is 1. The summed E-state index contributed by atoms with van der Waals surface area (Å²) >= 11 is 0. The molecule has 27 heavy (non-hydrogen) atoms. The predicted molar refractivity (Wildman–Crippen MR) is 108 cm³/mol. The zero-order chi connectivity index (χ0) is 19.1. The largest absolute Gasteiger partial charge is 0.367 e. The third kappa shape index (κ3) is 5.70. The van der Waals surface area contributed by atoms with Crippen LogP contribution >= 0.6 is 0 Å². The number of benzene rings is 1. The molecule has 0 saturated carbocycles. The Hall–Kier alpha value is -2.57. The van der Waals surface area contributed by atoms with Crippen LogP contribution < -0.4 is 15.5 Å². The van der Waals surface area contributed by atoms with Gasteiger partial charge in [-0.05, 0) is 43.4 Å². The zero-order valence-corrected chi connectivity index (χ0v) is 16.2. The molecular formula is C20H29FN6. The van der Waals surface area contributed by atoms with Crippen molar-refractivity contribution in [2.75, 3.05) is 31.6 Å². The fourth-order valence-corrected chi connectivity index (χ4v) is 3.48. The van der Waals surface area contributed by atoms with Crippen LogP contribution in [0.1, 0.15) is 24.8 Å². The third-order valence-corrected chi connectivity index (χ3v) is 4.87. The fourth-order valence-electron chi connectivity index (χ4n) is 3.48. The molecule has 2 heterocycles. The highest BCUT2D eigenvalue weighted by Crippen LogP contribution is 2.18. The molecule has 0 spiro atoms. The number of nitrogens with one attached hydrogen (secondary N) is 2. The summed E-state index contributed by atoms with van der Waals surface area (Å²) in [7, 11) is 3.74. The Morgan fingerprint density at radius 3 is 3.04 bits per heavy atom. The van der Waals surface area contributed by atoms with Crippen molar-refractivity contribution in [2.45, 2.75) is 31.7 Å². The Morgan fingerprint density at radius 2 is 2.30 bits per heavy atom. The van der Waals surface area contributed by atoms with E-state index in [1.165, 1.54) is 11.8 Å².